The maximum absolute atomic E-state index is 12.0. The lowest BCUT2D eigenvalue weighted by Crippen LogP contribution is -2.34. The summed E-state index contributed by atoms with van der Waals surface area (Å²) in [5.41, 5.74) is 3.21. The number of carbonyl (C=O) groups is 2. The van der Waals surface area contributed by atoms with Crippen LogP contribution in [0.3, 0.4) is 0 Å². The Balaban J connectivity index is 0.00000161. The van der Waals surface area contributed by atoms with Gasteiger partial charge >= 0.3 is 0 Å². The van der Waals surface area contributed by atoms with E-state index in [1.807, 2.05) is 18.2 Å². The van der Waals surface area contributed by atoms with E-state index in [1.165, 1.54) is 5.56 Å². The zero-order chi connectivity index (χ0) is 13.9. The molecule has 2 heterocycles. The lowest BCUT2D eigenvalue weighted by Gasteiger charge is -2.19. The molecule has 5 nitrogen and oxygen atoms in total. The highest BCUT2D eigenvalue weighted by molar-refractivity contribution is 5.95. The predicted octanol–water partition coefficient (Wildman–Crippen LogP) is 2.03. The number of hydrogen-bond donors (Lipinski definition) is 2. The van der Waals surface area contributed by atoms with Crippen LogP contribution in [0.4, 0.5) is 11.4 Å². The molecule has 1 aromatic rings. The van der Waals surface area contributed by atoms with Gasteiger partial charge < -0.3 is 15.5 Å². The van der Waals surface area contributed by atoms with Crippen LogP contribution in [0.1, 0.15) is 24.8 Å². The van der Waals surface area contributed by atoms with Crippen LogP contribution in [-0.4, -0.2) is 36.3 Å². The SMILES string of the molecule is Cl.O=C(CN1CCCC1=O)Nc1ccc2c(c1)CCCN2. The average molecular weight is 310 g/mol. The minimum atomic E-state index is -0.121. The summed E-state index contributed by atoms with van der Waals surface area (Å²) < 4.78 is 0. The summed E-state index contributed by atoms with van der Waals surface area (Å²) in [4.78, 5) is 25.1. The monoisotopic (exact) mass is 309 g/mol. The fourth-order valence-electron chi connectivity index (χ4n) is 2.80. The summed E-state index contributed by atoms with van der Waals surface area (Å²) in [6.07, 6.45) is 3.58. The Labute approximate surface area is 130 Å². The minimum Gasteiger partial charge on any atom is -0.385 e. The number of likely N-dealkylation sites (tertiary alicyclic amines) is 1. The third-order valence-electron chi connectivity index (χ3n) is 3.83. The van der Waals surface area contributed by atoms with Crippen LogP contribution in [0.5, 0.6) is 0 Å². The summed E-state index contributed by atoms with van der Waals surface area (Å²) in [5, 5.41) is 6.22. The molecule has 0 radical (unpaired) electrons. The number of nitrogens with zero attached hydrogens (tertiary/aromatic N) is 1. The van der Waals surface area contributed by atoms with Crippen molar-refractivity contribution >= 4 is 35.6 Å². The Hall–Kier alpha value is -1.75. The number of carbonyl (C=O) groups excluding carboxylic acids is 2. The van der Waals surface area contributed by atoms with Crippen molar-refractivity contribution < 1.29 is 9.59 Å². The molecule has 0 aliphatic carbocycles. The van der Waals surface area contributed by atoms with Gasteiger partial charge in [0.05, 0.1) is 6.54 Å². The number of fused-ring (bicyclic) bond motifs is 1. The van der Waals surface area contributed by atoms with Crippen LogP contribution in [0.15, 0.2) is 18.2 Å². The molecule has 6 heteroatoms. The van der Waals surface area contributed by atoms with E-state index in [-0.39, 0.29) is 30.8 Å². The number of anilines is 2. The van der Waals surface area contributed by atoms with Crippen LogP contribution < -0.4 is 10.6 Å². The molecular weight excluding hydrogens is 290 g/mol. The second kappa shape index (κ2) is 6.80. The Morgan fingerprint density at radius 3 is 2.90 bits per heavy atom. The lowest BCUT2D eigenvalue weighted by molar-refractivity contribution is -0.131. The topological polar surface area (TPSA) is 61.4 Å². The summed E-state index contributed by atoms with van der Waals surface area (Å²) in [5.74, 6) is -0.0428. The maximum atomic E-state index is 12.0. The Bertz CT molecular complexity index is 548. The Morgan fingerprint density at radius 1 is 1.29 bits per heavy atom. The van der Waals surface area contributed by atoms with E-state index >= 15 is 0 Å². The Morgan fingerprint density at radius 2 is 2.14 bits per heavy atom. The molecule has 2 N–H and O–H groups in total. The molecule has 0 bridgehead atoms. The van der Waals surface area contributed by atoms with E-state index in [9.17, 15) is 9.59 Å². The fraction of sp³-hybridized carbons (Fsp3) is 0.467. The molecule has 3 rings (SSSR count). The molecule has 0 saturated carbocycles. The first-order chi connectivity index (χ1) is 9.72. The molecule has 21 heavy (non-hydrogen) atoms. The van der Waals surface area contributed by atoms with Gasteiger partial charge in [-0.1, -0.05) is 0 Å². The van der Waals surface area contributed by atoms with Crippen LogP contribution in [-0.2, 0) is 16.0 Å². The van der Waals surface area contributed by atoms with Gasteiger partial charge in [0, 0.05) is 30.9 Å². The number of halogens is 1. The van der Waals surface area contributed by atoms with Crippen molar-refractivity contribution in [3.63, 3.8) is 0 Å². The number of nitrogens with one attached hydrogen (secondary N) is 2. The molecule has 114 valence electrons. The molecule has 1 aromatic carbocycles. The maximum Gasteiger partial charge on any atom is 0.243 e. The zero-order valence-electron chi connectivity index (χ0n) is 11.9. The van der Waals surface area contributed by atoms with Gasteiger partial charge in [0.2, 0.25) is 11.8 Å². The highest BCUT2D eigenvalue weighted by Crippen LogP contribution is 2.25. The van der Waals surface area contributed by atoms with Gasteiger partial charge in [0.1, 0.15) is 0 Å². The molecule has 1 saturated heterocycles. The first kappa shape index (κ1) is 15.6. The van der Waals surface area contributed by atoms with Crippen molar-refractivity contribution in [1.29, 1.82) is 0 Å². The Kier molecular flexibility index (Phi) is 5.07. The fourth-order valence-corrected chi connectivity index (χ4v) is 2.80. The first-order valence-electron chi connectivity index (χ1n) is 7.17. The predicted molar refractivity (Wildman–Crippen MR) is 84.9 cm³/mol. The summed E-state index contributed by atoms with van der Waals surface area (Å²) >= 11 is 0. The molecule has 2 amide bonds. The van der Waals surface area contributed by atoms with Crippen molar-refractivity contribution in [3.05, 3.63) is 23.8 Å². The van der Waals surface area contributed by atoms with E-state index in [4.69, 9.17) is 0 Å². The van der Waals surface area contributed by atoms with E-state index in [0.29, 0.717) is 13.0 Å². The number of rotatable bonds is 3. The second-order valence-electron chi connectivity index (χ2n) is 5.37. The molecule has 0 aromatic heterocycles. The molecule has 2 aliphatic heterocycles. The largest absolute Gasteiger partial charge is 0.385 e. The summed E-state index contributed by atoms with van der Waals surface area (Å²) in [6, 6.07) is 5.93. The van der Waals surface area contributed by atoms with Gasteiger partial charge in [0.15, 0.2) is 0 Å². The van der Waals surface area contributed by atoms with Crippen LogP contribution in [0.25, 0.3) is 0 Å². The van der Waals surface area contributed by atoms with Crippen molar-refractivity contribution in [2.45, 2.75) is 25.7 Å². The zero-order valence-corrected chi connectivity index (χ0v) is 12.7. The van der Waals surface area contributed by atoms with Gasteiger partial charge in [-0.25, -0.2) is 0 Å². The third kappa shape index (κ3) is 3.67. The number of amides is 2. The summed E-state index contributed by atoms with van der Waals surface area (Å²) in [6.45, 7) is 1.87. The lowest BCUT2D eigenvalue weighted by atomic mass is 10.0. The van der Waals surface area contributed by atoms with E-state index < -0.39 is 0 Å². The van der Waals surface area contributed by atoms with E-state index in [2.05, 4.69) is 10.6 Å². The highest BCUT2D eigenvalue weighted by atomic mass is 35.5. The van der Waals surface area contributed by atoms with Crippen molar-refractivity contribution in [3.8, 4) is 0 Å². The number of aryl methyl sites for hydroxylation is 1. The third-order valence-corrected chi connectivity index (χ3v) is 3.83. The van der Waals surface area contributed by atoms with E-state index in [1.54, 1.807) is 4.90 Å². The molecule has 0 unspecified atom stereocenters. The normalized spacial score (nSPS) is 16.8. The molecule has 0 atom stereocenters. The van der Waals surface area contributed by atoms with Gasteiger partial charge in [0.25, 0.3) is 0 Å². The van der Waals surface area contributed by atoms with Crippen molar-refractivity contribution in [1.82, 2.24) is 4.90 Å². The number of benzene rings is 1. The van der Waals surface area contributed by atoms with Crippen LogP contribution in [0, 0.1) is 0 Å². The standard InChI is InChI=1S/C15H19N3O2.ClH/c19-14(10-18-8-2-4-15(18)20)17-12-5-6-13-11(9-12)3-1-7-16-13;/h5-6,9,16H,1-4,7-8,10H2,(H,17,19);1H. The van der Waals surface area contributed by atoms with E-state index in [0.717, 1.165) is 37.2 Å². The molecular formula is C15H20ClN3O2. The number of hydrogen-bond acceptors (Lipinski definition) is 3. The van der Waals surface area contributed by atoms with Gasteiger partial charge in [-0.05, 0) is 43.0 Å². The second-order valence-corrected chi connectivity index (χ2v) is 5.37. The smallest absolute Gasteiger partial charge is 0.243 e. The van der Waals surface area contributed by atoms with Crippen molar-refractivity contribution in [2.75, 3.05) is 30.3 Å². The molecule has 0 spiro atoms. The van der Waals surface area contributed by atoms with Gasteiger partial charge in [-0.3, -0.25) is 9.59 Å². The molecule has 2 aliphatic rings. The summed E-state index contributed by atoms with van der Waals surface area (Å²) in [7, 11) is 0. The first-order valence-corrected chi connectivity index (χ1v) is 7.17. The van der Waals surface area contributed by atoms with Crippen molar-refractivity contribution in [2.24, 2.45) is 0 Å². The minimum absolute atomic E-state index is 0. The molecule has 1 fully saturated rings. The quantitative estimate of drug-likeness (QED) is 0.898. The van der Waals surface area contributed by atoms with Crippen LogP contribution in [0.2, 0.25) is 0 Å². The highest BCUT2D eigenvalue weighted by Gasteiger charge is 2.22. The van der Waals surface area contributed by atoms with Gasteiger partial charge in [-0.2, -0.15) is 0 Å². The van der Waals surface area contributed by atoms with Crippen LogP contribution >= 0.6 is 12.4 Å². The average Bonchev–Trinajstić information content (AvgIpc) is 2.84. The van der Waals surface area contributed by atoms with Gasteiger partial charge in [-0.15, -0.1) is 12.4 Å².